The fourth-order valence-corrected chi connectivity index (χ4v) is 1.94. The van der Waals surface area contributed by atoms with E-state index in [1.807, 2.05) is 6.92 Å². The standard InChI is InChI=1S/C10H15BrN2O2/c1-3-8(11)10-13-12-9(15-10)7-4-5-14-6(7)2/h6-8H,3-5H2,1-2H3. The molecule has 5 heteroatoms. The van der Waals surface area contributed by atoms with Crippen LogP contribution in [-0.4, -0.2) is 22.9 Å². The van der Waals surface area contributed by atoms with E-state index in [2.05, 4.69) is 33.1 Å². The maximum Gasteiger partial charge on any atom is 0.230 e. The van der Waals surface area contributed by atoms with Crippen LogP contribution in [0.3, 0.4) is 0 Å². The molecule has 1 fully saturated rings. The lowest BCUT2D eigenvalue weighted by Gasteiger charge is -2.08. The minimum atomic E-state index is 0.163. The monoisotopic (exact) mass is 274 g/mol. The maximum atomic E-state index is 5.64. The van der Waals surface area contributed by atoms with Crippen LogP contribution in [0.25, 0.3) is 0 Å². The van der Waals surface area contributed by atoms with Gasteiger partial charge in [-0.2, -0.15) is 0 Å². The van der Waals surface area contributed by atoms with Crippen molar-refractivity contribution in [1.29, 1.82) is 0 Å². The minimum absolute atomic E-state index is 0.163. The summed E-state index contributed by atoms with van der Waals surface area (Å²) in [7, 11) is 0. The summed E-state index contributed by atoms with van der Waals surface area (Å²) in [5.41, 5.74) is 0. The lowest BCUT2D eigenvalue weighted by Crippen LogP contribution is -2.09. The van der Waals surface area contributed by atoms with Gasteiger partial charge in [0.25, 0.3) is 0 Å². The molecule has 4 nitrogen and oxygen atoms in total. The topological polar surface area (TPSA) is 48.2 Å². The van der Waals surface area contributed by atoms with Crippen molar-refractivity contribution in [3.05, 3.63) is 11.8 Å². The summed E-state index contributed by atoms with van der Waals surface area (Å²) >= 11 is 3.49. The Hall–Kier alpha value is -0.420. The van der Waals surface area contributed by atoms with Crippen LogP contribution in [0.2, 0.25) is 0 Å². The zero-order valence-electron chi connectivity index (χ0n) is 8.94. The third-order valence-electron chi connectivity index (χ3n) is 2.78. The number of aromatic nitrogens is 2. The number of nitrogens with zero attached hydrogens (tertiary/aromatic N) is 2. The van der Waals surface area contributed by atoms with Crippen LogP contribution in [0.15, 0.2) is 4.42 Å². The molecule has 2 rings (SSSR count). The van der Waals surface area contributed by atoms with E-state index < -0.39 is 0 Å². The molecule has 3 atom stereocenters. The maximum absolute atomic E-state index is 5.64. The van der Waals surface area contributed by atoms with Gasteiger partial charge in [-0.05, 0) is 19.8 Å². The summed E-state index contributed by atoms with van der Waals surface area (Å²) in [4.78, 5) is 0.163. The molecule has 0 saturated carbocycles. The summed E-state index contributed by atoms with van der Waals surface area (Å²) in [5, 5.41) is 8.14. The highest BCUT2D eigenvalue weighted by molar-refractivity contribution is 9.09. The van der Waals surface area contributed by atoms with Gasteiger partial charge in [0.1, 0.15) is 0 Å². The molecule has 0 spiro atoms. The Morgan fingerprint density at radius 1 is 1.53 bits per heavy atom. The largest absolute Gasteiger partial charge is 0.424 e. The quantitative estimate of drug-likeness (QED) is 0.796. The number of hydrogen-bond donors (Lipinski definition) is 0. The molecule has 1 aromatic rings. The average molecular weight is 275 g/mol. The summed E-state index contributed by atoms with van der Waals surface area (Å²) < 4.78 is 11.1. The highest BCUT2D eigenvalue weighted by Gasteiger charge is 2.31. The van der Waals surface area contributed by atoms with E-state index in [1.165, 1.54) is 0 Å². The van der Waals surface area contributed by atoms with Crippen molar-refractivity contribution >= 4 is 15.9 Å². The Labute approximate surface area is 97.5 Å². The Morgan fingerprint density at radius 3 is 2.93 bits per heavy atom. The van der Waals surface area contributed by atoms with E-state index in [-0.39, 0.29) is 16.8 Å². The molecule has 0 amide bonds. The van der Waals surface area contributed by atoms with Crippen molar-refractivity contribution in [2.24, 2.45) is 0 Å². The third-order valence-corrected chi connectivity index (χ3v) is 3.82. The number of rotatable bonds is 3. The predicted molar refractivity (Wildman–Crippen MR) is 59.0 cm³/mol. The SMILES string of the molecule is CCC(Br)c1nnc(C2CCOC2C)o1. The van der Waals surface area contributed by atoms with Crippen molar-refractivity contribution < 1.29 is 9.15 Å². The zero-order valence-corrected chi connectivity index (χ0v) is 10.5. The fourth-order valence-electron chi connectivity index (χ4n) is 1.75. The van der Waals surface area contributed by atoms with Crippen LogP contribution in [0.4, 0.5) is 0 Å². The van der Waals surface area contributed by atoms with E-state index in [4.69, 9.17) is 9.15 Å². The number of ether oxygens (including phenoxy) is 1. The van der Waals surface area contributed by atoms with Crippen LogP contribution < -0.4 is 0 Å². The Kier molecular flexibility index (Phi) is 3.41. The zero-order chi connectivity index (χ0) is 10.8. The van der Waals surface area contributed by atoms with Crippen LogP contribution >= 0.6 is 15.9 Å². The van der Waals surface area contributed by atoms with E-state index in [0.29, 0.717) is 11.8 Å². The summed E-state index contributed by atoms with van der Waals surface area (Å²) in [6.45, 7) is 4.91. The van der Waals surface area contributed by atoms with E-state index >= 15 is 0 Å². The van der Waals surface area contributed by atoms with E-state index in [9.17, 15) is 0 Å². The second-order valence-corrected chi connectivity index (χ2v) is 4.93. The number of halogens is 1. The van der Waals surface area contributed by atoms with Gasteiger partial charge in [0.15, 0.2) is 0 Å². The van der Waals surface area contributed by atoms with Gasteiger partial charge in [-0.15, -0.1) is 10.2 Å². The van der Waals surface area contributed by atoms with Gasteiger partial charge in [-0.25, -0.2) is 0 Å². The molecule has 0 aromatic carbocycles. The third kappa shape index (κ3) is 2.23. The number of hydrogen-bond acceptors (Lipinski definition) is 4. The Bertz CT molecular complexity index is 329. The summed E-state index contributed by atoms with van der Waals surface area (Å²) in [6.07, 6.45) is 2.11. The van der Waals surface area contributed by atoms with Gasteiger partial charge in [0, 0.05) is 6.61 Å². The lowest BCUT2D eigenvalue weighted by atomic mass is 10.0. The molecule has 0 N–H and O–H groups in total. The smallest absolute Gasteiger partial charge is 0.230 e. The first kappa shape index (κ1) is 11.1. The van der Waals surface area contributed by atoms with Gasteiger partial charge in [-0.3, -0.25) is 0 Å². The average Bonchev–Trinajstić information content (AvgIpc) is 2.84. The van der Waals surface area contributed by atoms with E-state index in [1.54, 1.807) is 0 Å². The highest BCUT2D eigenvalue weighted by Crippen LogP contribution is 2.32. The molecular formula is C10H15BrN2O2. The van der Waals surface area contributed by atoms with Gasteiger partial charge >= 0.3 is 0 Å². The molecule has 1 saturated heterocycles. The van der Waals surface area contributed by atoms with Crippen LogP contribution in [0, 0.1) is 0 Å². The fraction of sp³-hybridized carbons (Fsp3) is 0.800. The van der Waals surface area contributed by atoms with Gasteiger partial charge < -0.3 is 9.15 Å². The Morgan fingerprint density at radius 2 is 2.33 bits per heavy atom. The molecular weight excluding hydrogens is 260 g/mol. The first-order chi connectivity index (χ1) is 7.22. The molecule has 1 aromatic heterocycles. The second kappa shape index (κ2) is 4.61. The molecule has 2 heterocycles. The molecule has 15 heavy (non-hydrogen) atoms. The first-order valence-electron chi connectivity index (χ1n) is 5.31. The first-order valence-corrected chi connectivity index (χ1v) is 6.23. The van der Waals surface area contributed by atoms with Crippen molar-refractivity contribution in [2.45, 2.75) is 43.5 Å². The van der Waals surface area contributed by atoms with Crippen LogP contribution in [-0.2, 0) is 4.74 Å². The Balaban J connectivity index is 2.12. The molecule has 0 aliphatic carbocycles. The number of alkyl halides is 1. The van der Waals surface area contributed by atoms with Crippen molar-refractivity contribution in [1.82, 2.24) is 10.2 Å². The molecule has 84 valence electrons. The van der Waals surface area contributed by atoms with Gasteiger partial charge in [0.2, 0.25) is 11.8 Å². The predicted octanol–water partition coefficient (Wildman–Crippen LogP) is 2.81. The summed E-state index contributed by atoms with van der Waals surface area (Å²) in [5.74, 6) is 1.65. The van der Waals surface area contributed by atoms with Crippen LogP contribution in [0.1, 0.15) is 49.2 Å². The highest BCUT2D eigenvalue weighted by atomic mass is 79.9. The normalized spacial score (nSPS) is 28.2. The van der Waals surface area contributed by atoms with Crippen LogP contribution in [0.5, 0.6) is 0 Å². The lowest BCUT2D eigenvalue weighted by molar-refractivity contribution is 0.114. The molecule has 1 aliphatic heterocycles. The summed E-state index contributed by atoms with van der Waals surface area (Å²) in [6, 6.07) is 0. The van der Waals surface area contributed by atoms with Gasteiger partial charge in [-0.1, -0.05) is 22.9 Å². The van der Waals surface area contributed by atoms with Crippen molar-refractivity contribution in [3.8, 4) is 0 Å². The van der Waals surface area contributed by atoms with E-state index in [0.717, 1.165) is 19.4 Å². The molecule has 0 radical (unpaired) electrons. The molecule has 3 unspecified atom stereocenters. The molecule has 0 bridgehead atoms. The van der Waals surface area contributed by atoms with Crippen molar-refractivity contribution in [3.63, 3.8) is 0 Å². The minimum Gasteiger partial charge on any atom is -0.424 e. The van der Waals surface area contributed by atoms with Gasteiger partial charge in [0.05, 0.1) is 16.8 Å². The second-order valence-electron chi connectivity index (χ2n) is 3.83. The molecule has 1 aliphatic rings. The van der Waals surface area contributed by atoms with Crippen molar-refractivity contribution in [2.75, 3.05) is 6.61 Å².